The van der Waals surface area contributed by atoms with Crippen LogP contribution in [0.4, 0.5) is 0 Å². The molecule has 2 atom stereocenters. The number of carbonyl (C=O) groups excluding carboxylic acids is 1. The van der Waals surface area contributed by atoms with Gasteiger partial charge in [0.1, 0.15) is 10.9 Å². The number of carbonyl (C=O) groups is 1. The summed E-state index contributed by atoms with van der Waals surface area (Å²) >= 11 is 3.38. The minimum Gasteiger partial charge on any atom is -0.457 e. The molecule has 0 aliphatic heterocycles. The molecule has 98 valence electrons. The van der Waals surface area contributed by atoms with Crippen molar-refractivity contribution in [3.8, 4) is 0 Å². The second-order valence-corrected chi connectivity index (χ2v) is 5.18. The number of rotatable bonds is 4. The molecule has 2 nitrogen and oxygen atoms in total. The van der Waals surface area contributed by atoms with Crippen LogP contribution >= 0.6 is 15.9 Å². The number of ether oxygens (including phenoxy) is 1. The molecule has 0 aliphatic rings. The third-order valence-corrected chi connectivity index (χ3v) is 3.76. The zero-order valence-corrected chi connectivity index (χ0v) is 12.2. The van der Waals surface area contributed by atoms with E-state index >= 15 is 0 Å². The standard InChI is InChI=1S/C16H15BrO2/c1-12(13-8-4-2-5-9-13)19-16(18)15(17)14-10-6-3-7-11-14/h2-12,15H,1H3. The third-order valence-electron chi connectivity index (χ3n) is 2.86. The Morgan fingerprint density at radius 3 is 1.95 bits per heavy atom. The molecule has 2 unspecified atom stereocenters. The Kier molecular flexibility index (Phi) is 4.74. The third kappa shape index (κ3) is 3.67. The van der Waals surface area contributed by atoms with E-state index in [4.69, 9.17) is 4.74 Å². The van der Waals surface area contributed by atoms with E-state index in [1.807, 2.05) is 67.6 Å². The summed E-state index contributed by atoms with van der Waals surface area (Å²) < 4.78 is 5.47. The summed E-state index contributed by atoms with van der Waals surface area (Å²) in [6.07, 6.45) is -0.252. The van der Waals surface area contributed by atoms with Gasteiger partial charge in [0.05, 0.1) is 0 Å². The van der Waals surface area contributed by atoms with E-state index in [2.05, 4.69) is 15.9 Å². The second-order valence-electron chi connectivity index (χ2n) is 4.26. The maximum atomic E-state index is 12.1. The molecular formula is C16H15BrO2. The molecule has 0 N–H and O–H groups in total. The summed E-state index contributed by atoms with van der Waals surface area (Å²) in [6.45, 7) is 1.87. The highest BCUT2D eigenvalue weighted by molar-refractivity contribution is 9.09. The van der Waals surface area contributed by atoms with Gasteiger partial charge in [0.15, 0.2) is 0 Å². The van der Waals surface area contributed by atoms with Gasteiger partial charge < -0.3 is 4.74 Å². The van der Waals surface area contributed by atoms with Crippen LogP contribution in [-0.2, 0) is 9.53 Å². The van der Waals surface area contributed by atoms with E-state index in [-0.39, 0.29) is 12.1 Å². The van der Waals surface area contributed by atoms with Crippen molar-refractivity contribution in [1.82, 2.24) is 0 Å². The van der Waals surface area contributed by atoms with Crippen LogP contribution in [0.15, 0.2) is 60.7 Å². The summed E-state index contributed by atoms with van der Waals surface area (Å²) in [6, 6.07) is 19.2. The quantitative estimate of drug-likeness (QED) is 0.616. The van der Waals surface area contributed by atoms with Crippen molar-refractivity contribution >= 4 is 21.9 Å². The molecule has 2 aromatic carbocycles. The van der Waals surface area contributed by atoms with Gasteiger partial charge in [-0.2, -0.15) is 0 Å². The fourth-order valence-corrected chi connectivity index (χ4v) is 2.20. The lowest BCUT2D eigenvalue weighted by atomic mass is 10.1. The van der Waals surface area contributed by atoms with Crippen molar-refractivity contribution in [3.05, 3.63) is 71.8 Å². The molecule has 0 fully saturated rings. The van der Waals surface area contributed by atoms with Crippen LogP contribution in [0.3, 0.4) is 0 Å². The fourth-order valence-electron chi connectivity index (χ4n) is 1.78. The zero-order valence-electron chi connectivity index (χ0n) is 10.6. The first-order valence-electron chi connectivity index (χ1n) is 6.13. The Labute approximate surface area is 121 Å². The molecule has 0 heterocycles. The van der Waals surface area contributed by atoms with E-state index < -0.39 is 4.83 Å². The minimum absolute atomic E-state index is 0.252. The molecule has 0 amide bonds. The average molecular weight is 319 g/mol. The molecule has 0 aliphatic carbocycles. The SMILES string of the molecule is CC(OC(=O)C(Br)c1ccccc1)c1ccccc1. The minimum atomic E-state index is -0.431. The van der Waals surface area contributed by atoms with Gasteiger partial charge in [-0.05, 0) is 18.1 Å². The van der Waals surface area contributed by atoms with E-state index in [0.717, 1.165) is 11.1 Å². The molecular weight excluding hydrogens is 304 g/mol. The maximum absolute atomic E-state index is 12.1. The first-order chi connectivity index (χ1) is 9.18. The van der Waals surface area contributed by atoms with Crippen LogP contribution in [0.1, 0.15) is 29.0 Å². The lowest BCUT2D eigenvalue weighted by Gasteiger charge is -2.16. The van der Waals surface area contributed by atoms with Gasteiger partial charge in [-0.3, -0.25) is 4.79 Å². The van der Waals surface area contributed by atoms with E-state index in [9.17, 15) is 4.79 Å². The molecule has 2 aromatic rings. The van der Waals surface area contributed by atoms with Gasteiger partial charge in [-0.15, -0.1) is 0 Å². The summed E-state index contributed by atoms with van der Waals surface area (Å²) in [7, 11) is 0. The highest BCUT2D eigenvalue weighted by atomic mass is 79.9. The van der Waals surface area contributed by atoms with E-state index in [1.165, 1.54) is 0 Å². The summed E-state index contributed by atoms with van der Waals surface area (Å²) in [4.78, 5) is 11.6. The maximum Gasteiger partial charge on any atom is 0.324 e. The molecule has 0 aromatic heterocycles. The van der Waals surface area contributed by atoms with Gasteiger partial charge >= 0.3 is 5.97 Å². The highest BCUT2D eigenvalue weighted by Crippen LogP contribution is 2.27. The Balaban J connectivity index is 2.02. The van der Waals surface area contributed by atoms with Crippen LogP contribution in [0.5, 0.6) is 0 Å². The number of esters is 1. The normalized spacial score (nSPS) is 13.6. The molecule has 0 spiro atoms. The fraction of sp³-hybridized carbons (Fsp3) is 0.188. The molecule has 3 heteroatoms. The predicted molar refractivity (Wildman–Crippen MR) is 79.1 cm³/mol. The number of halogens is 1. The molecule has 19 heavy (non-hydrogen) atoms. The van der Waals surface area contributed by atoms with Crippen molar-refractivity contribution in [2.24, 2.45) is 0 Å². The smallest absolute Gasteiger partial charge is 0.324 e. The Hall–Kier alpha value is -1.61. The van der Waals surface area contributed by atoms with Crippen molar-refractivity contribution in [2.45, 2.75) is 17.9 Å². The molecule has 2 rings (SSSR count). The second kappa shape index (κ2) is 6.53. The molecule has 0 saturated carbocycles. The summed E-state index contributed by atoms with van der Waals surface area (Å²) in [5, 5.41) is 0. The monoisotopic (exact) mass is 318 g/mol. The van der Waals surface area contributed by atoms with Gasteiger partial charge in [0, 0.05) is 0 Å². The molecule has 0 saturated heterocycles. The van der Waals surface area contributed by atoms with Gasteiger partial charge in [-0.1, -0.05) is 76.6 Å². The number of hydrogen-bond acceptors (Lipinski definition) is 2. The van der Waals surface area contributed by atoms with E-state index in [0.29, 0.717) is 0 Å². The number of alkyl halides is 1. The summed E-state index contributed by atoms with van der Waals surface area (Å²) in [5.74, 6) is -0.275. The van der Waals surface area contributed by atoms with Gasteiger partial charge in [-0.25, -0.2) is 0 Å². The predicted octanol–water partition coefficient (Wildman–Crippen LogP) is 4.43. The van der Waals surface area contributed by atoms with Crippen LogP contribution in [0, 0.1) is 0 Å². The topological polar surface area (TPSA) is 26.3 Å². The number of benzene rings is 2. The molecule has 0 bridgehead atoms. The first-order valence-corrected chi connectivity index (χ1v) is 7.04. The zero-order chi connectivity index (χ0) is 13.7. The molecule has 0 radical (unpaired) electrons. The van der Waals surface area contributed by atoms with E-state index in [1.54, 1.807) is 0 Å². The highest BCUT2D eigenvalue weighted by Gasteiger charge is 2.21. The Bertz CT molecular complexity index is 525. The van der Waals surface area contributed by atoms with Crippen LogP contribution < -0.4 is 0 Å². The van der Waals surface area contributed by atoms with Crippen molar-refractivity contribution in [1.29, 1.82) is 0 Å². The Morgan fingerprint density at radius 2 is 1.42 bits per heavy atom. The lowest BCUT2D eigenvalue weighted by Crippen LogP contribution is -2.13. The van der Waals surface area contributed by atoms with Crippen LogP contribution in [-0.4, -0.2) is 5.97 Å². The van der Waals surface area contributed by atoms with Crippen molar-refractivity contribution in [2.75, 3.05) is 0 Å². The Morgan fingerprint density at radius 1 is 0.947 bits per heavy atom. The van der Waals surface area contributed by atoms with Crippen molar-refractivity contribution in [3.63, 3.8) is 0 Å². The first kappa shape index (κ1) is 13.8. The summed E-state index contributed by atoms with van der Waals surface area (Å²) in [5.41, 5.74) is 1.89. The largest absolute Gasteiger partial charge is 0.457 e. The average Bonchev–Trinajstić information content (AvgIpc) is 2.48. The van der Waals surface area contributed by atoms with Gasteiger partial charge in [0.2, 0.25) is 0 Å². The number of hydrogen-bond donors (Lipinski definition) is 0. The van der Waals surface area contributed by atoms with Crippen LogP contribution in [0.2, 0.25) is 0 Å². The van der Waals surface area contributed by atoms with Crippen LogP contribution in [0.25, 0.3) is 0 Å². The van der Waals surface area contributed by atoms with Crippen molar-refractivity contribution < 1.29 is 9.53 Å². The van der Waals surface area contributed by atoms with Gasteiger partial charge in [0.25, 0.3) is 0 Å². The lowest BCUT2D eigenvalue weighted by molar-refractivity contribution is -0.147.